The van der Waals surface area contributed by atoms with Crippen LogP contribution in [0.2, 0.25) is 0 Å². The molecule has 4 rings (SSSR count). The van der Waals surface area contributed by atoms with Gasteiger partial charge < -0.3 is 20.1 Å². The van der Waals surface area contributed by atoms with Crippen molar-refractivity contribution in [1.82, 2.24) is 20.3 Å². The fraction of sp³-hybridized carbons (Fsp3) is 0.217. The highest BCUT2D eigenvalue weighted by molar-refractivity contribution is 7.11. The van der Waals surface area contributed by atoms with Gasteiger partial charge in [-0.3, -0.25) is 14.9 Å². The molecule has 1 amide bonds. The van der Waals surface area contributed by atoms with Gasteiger partial charge in [0.1, 0.15) is 29.4 Å². The number of carbonyl (C=O) groups is 1. The van der Waals surface area contributed by atoms with Gasteiger partial charge in [0, 0.05) is 29.1 Å². The zero-order valence-electron chi connectivity index (χ0n) is 19.7. The lowest BCUT2D eigenvalue weighted by Gasteiger charge is -2.19. The van der Waals surface area contributed by atoms with Crippen molar-refractivity contribution in [3.05, 3.63) is 63.7 Å². The molecular formula is C23H21FN6O5S. The normalized spacial score (nSPS) is 11.2. The maximum absolute atomic E-state index is 14.9. The minimum atomic E-state index is -0.662. The van der Waals surface area contributed by atoms with Crippen molar-refractivity contribution in [2.45, 2.75) is 26.3 Å². The predicted molar refractivity (Wildman–Crippen MR) is 132 cm³/mol. The van der Waals surface area contributed by atoms with Crippen LogP contribution in [0.3, 0.4) is 0 Å². The summed E-state index contributed by atoms with van der Waals surface area (Å²) in [6.45, 7) is 5.57. The molecule has 13 heteroatoms. The van der Waals surface area contributed by atoms with Crippen LogP contribution in [0.1, 0.15) is 31.3 Å². The molecule has 0 bridgehead atoms. The van der Waals surface area contributed by atoms with E-state index in [-0.39, 0.29) is 45.5 Å². The van der Waals surface area contributed by atoms with Crippen molar-refractivity contribution >= 4 is 45.3 Å². The first kappa shape index (κ1) is 24.7. The molecule has 0 atom stereocenters. The minimum Gasteiger partial charge on any atom is -0.490 e. The number of carbonyl (C=O) groups excluding carboxylic acids is 1. The van der Waals surface area contributed by atoms with Crippen molar-refractivity contribution in [2.24, 2.45) is 0 Å². The summed E-state index contributed by atoms with van der Waals surface area (Å²) in [6, 6.07) is 6.76. The Morgan fingerprint density at radius 2 is 1.97 bits per heavy atom. The third-order valence-corrected chi connectivity index (χ3v) is 5.45. The number of anilines is 2. The summed E-state index contributed by atoms with van der Waals surface area (Å²) >= 11 is 1.10. The molecule has 11 nitrogen and oxygen atoms in total. The molecule has 2 aromatic carbocycles. The highest BCUT2D eigenvalue weighted by Gasteiger charge is 2.20. The number of nitro groups is 1. The van der Waals surface area contributed by atoms with Gasteiger partial charge in [-0.25, -0.2) is 14.4 Å². The van der Waals surface area contributed by atoms with Gasteiger partial charge >= 0.3 is 5.69 Å². The number of aromatic nitrogens is 3. The van der Waals surface area contributed by atoms with Crippen LogP contribution in [0.4, 0.5) is 21.6 Å². The number of hydrogen-bond acceptors (Lipinski definition) is 10. The van der Waals surface area contributed by atoms with Crippen LogP contribution < -0.4 is 20.1 Å². The number of thiazole rings is 1. The van der Waals surface area contributed by atoms with Crippen LogP contribution in [0.5, 0.6) is 16.7 Å². The van der Waals surface area contributed by atoms with E-state index in [2.05, 4.69) is 25.6 Å². The zero-order chi connectivity index (χ0) is 26.0. The molecule has 2 aromatic heterocycles. The lowest BCUT2D eigenvalue weighted by molar-refractivity contribution is -0.385. The fourth-order valence-electron chi connectivity index (χ4n) is 3.18. The molecule has 0 aliphatic heterocycles. The van der Waals surface area contributed by atoms with E-state index >= 15 is 0 Å². The van der Waals surface area contributed by atoms with Gasteiger partial charge in [0.2, 0.25) is 0 Å². The first-order valence-electron chi connectivity index (χ1n) is 10.5. The van der Waals surface area contributed by atoms with Gasteiger partial charge in [-0.05, 0) is 32.9 Å². The van der Waals surface area contributed by atoms with Gasteiger partial charge in [-0.1, -0.05) is 11.3 Å². The Kier molecular flexibility index (Phi) is 6.66. The largest absolute Gasteiger partial charge is 0.490 e. The lowest BCUT2D eigenvalue weighted by atomic mass is 10.1. The Morgan fingerprint density at radius 3 is 2.64 bits per heavy atom. The van der Waals surface area contributed by atoms with Gasteiger partial charge in [0.05, 0.1) is 28.6 Å². The second-order valence-corrected chi connectivity index (χ2v) is 9.41. The van der Waals surface area contributed by atoms with Crippen LogP contribution in [-0.4, -0.2) is 38.4 Å². The monoisotopic (exact) mass is 512 g/mol. The van der Waals surface area contributed by atoms with Crippen molar-refractivity contribution in [2.75, 3.05) is 12.4 Å². The number of ether oxygens (including phenoxy) is 2. The second-order valence-electron chi connectivity index (χ2n) is 8.59. The van der Waals surface area contributed by atoms with Gasteiger partial charge in [-0.15, -0.1) is 0 Å². The number of nitro benzene ring substituents is 1. The standard InChI is InChI=1S/C23H21FN6O5S/c1-23(2,3)29-21(31)17-10-36-22(28-17)35-12-5-6-15(14(24)7-12)27-20-13-8-18(30(32)33)19(34-4)9-16(13)25-11-26-20/h5-11H,1-4H3,(H,29,31)(H,25,26,27). The predicted octanol–water partition coefficient (Wildman–Crippen LogP) is 5.21. The van der Waals surface area contributed by atoms with E-state index < -0.39 is 16.3 Å². The molecule has 0 fully saturated rings. The number of nitrogens with zero attached hydrogens (tertiary/aromatic N) is 4. The molecule has 186 valence electrons. The number of nitrogens with one attached hydrogen (secondary N) is 2. The van der Waals surface area contributed by atoms with Crippen LogP contribution in [0.15, 0.2) is 42.0 Å². The van der Waals surface area contributed by atoms with Crippen molar-refractivity contribution in [3.8, 4) is 16.7 Å². The van der Waals surface area contributed by atoms with E-state index in [1.54, 1.807) is 5.38 Å². The highest BCUT2D eigenvalue weighted by atomic mass is 32.1. The summed E-state index contributed by atoms with van der Waals surface area (Å²) in [4.78, 5) is 35.4. The zero-order valence-corrected chi connectivity index (χ0v) is 20.5. The number of hydrogen-bond donors (Lipinski definition) is 2. The molecule has 0 unspecified atom stereocenters. The molecular weight excluding hydrogens is 491 g/mol. The second kappa shape index (κ2) is 9.70. The number of fused-ring (bicyclic) bond motifs is 1. The molecule has 0 saturated heterocycles. The number of amides is 1. The first-order valence-corrected chi connectivity index (χ1v) is 11.4. The minimum absolute atomic E-state index is 0.0473. The van der Waals surface area contributed by atoms with Gasteiger partial charge in [0.25, 0.3) is 11.1 Å². The van der Waals surface area contributed by atoms with Crippen molar-refractivity contribution in [3.63, 3.8) is 0 Å². The maximum Gasteiger partial charge on any atom is 0.311 e. The van der Waals surface area contributed by atoms with E-state index in [0.717, 1.165) is 17.4 Å². The quantitative estimate of drug-likeness (QED) is 0.252. The summed E-state index contributed by atoms with van der Waals surface area (Å²) in [5.74, 6) is -0.610. The molecule has 0 radical (unpaired) electrons. The Bertz CT molecular complexity index is 1470. The fourth-order valence-corrected chi connectivity index (χ4v) is 3.85. The van der Waals surface area contributed by atoms with E-state index in [4.69, 9.17) is 9.47 Å². The molecule has 36 heavy (non-hydrogen) atoms. The third-order valence-electron chi connectivity index (χ3n) is 4.74. The Labute approximate surface area is 208 Å². The average Bonchev–Trinajstić information content (AvgIpc) is 3.27. The number of benzene rings is 2. The third kappa shape index (κ3) is 5.46. The van der Waals surface area contributed by atoms with Crippen molar-refractivity contribution in [1.29, 1.82) is 0 Å². The maximum atomic E-state index is 14.9. The molecule has 2 N–H and O–H groups in total. The molecule has 0 aliphatic carbocycles. The summed E-state index contributed by atoms with van der Waals surface area (Å²) in [6.07, 6.45) is 1.25. The SMILES string of the molecule is COc1cc2ncnc(Nc3ccc(Oc4nc(C(=O)NC(C)(C)C)cs4)cc3F)c2cc1[N+](=O)[O-]. The highest BCUT2D eigenvalue weighted by Crippen LogP contribution is 2.35. The van der Waals surface area contributed by atoms with Crippen LogP contribution in [-0.2, 0) is 0 Å². The van der Waals surface area contributed by atoms with Crippen LogP contribution in [0, 0.1) is 15.9 Å². The molecule has 2 heterocycles. The smallest absolute Gasteiger partial charge is 0.311 e. The molecule has 4 aromatic rings. The summed E-state index contributed by atoms with van der Waals surface area (Å²) < 4.78 is 25.6. The lowest BCUT2D eigenvalue weighted by Crippen LogP contribution is -2.40. The molecule has 0 aliphatic rings. The number of halogens is 1. The van der Waals surface area contributed by atoms with Crippen LogP contribution in [0.25, 0.3) is 10.9 Å². The molecule has 0 spiro atoms. The average molecular weight is 513 g/mol. The number of methoxy groups -OCH3 is 1. The number of rotatable bonds is 7. The Balaban J connectivity index is 1.55. The summed E-state index contributed by atoms with van der Waals surface area (Å²) in [5.41, 5.74) is -0.0497. The topological polar surface area (TPSA) is 141 Å². The van der Waals surface area contributed by atoms with Gasteiger partial charge in [0.15, 0.2) is 5.75 Å². The summed E-state index contributed by atoms with van der Waals surface area (Å²) in [7, 11) is 1.32. The van der Waals surface area contributed by atoms with Crippen LogP contribution >= 0.6 is 11.3 Å². The van der Waals surface area contributed by atoms with E-state index in [9.17, 15) is 19.3 Å². The van der Waals surface area contributed by atoms with Gasteiger partial charge in [-0.2, -0.15) is 4.98 Å². The Morgan fingerprint density at radius 1 is 1.19 bits per heavy atom. The Hall–Kier alpha value is -4.39. The van der Waals surface area contributed by atoms with E-state index in [1.807, 2.05) is 20.8 Å². The summed E-state index contributed by atoms with van der Waals surface area (Å²) in [5, 5.41) is 19.1. The van der Waals surface area contributed by atoms with E-state index in [0.29, 0.717) is 10.9 Å². The van der Waals surface area contributed by atoms with Crippen molar-refractivity contribution < 1.29 is 23.6 Å². The first-order chi connectivity index (χ1) is 17.0. The van der Waals surface area contributed by atoms with E-state index in [1.165, 1.54) is 37.7 Å². The molecule has 0 saturated carbocycles.